The summed E-state index contributed by atoms with van der Waals surface area (Å²) in [6.45, 7) is 4.76. The smallest absolute Gasteiger partial charge is 0.374 e. The average molecular weight is 555 g/mol. The number of halogens is 4. The van der Waals surface area contributed by atoms with Gasteiger partial charge in [0.1, 0.15) is 11.5 Å². The first kappa shape index (κ1) is 27.6. The van der Waals surface area contributed by atoms with Crippen molar-refractivity contribution < 1.29 is 22.4 Å². The van der Waals surface area contributed by atoms with E-state index in [9.17, 15) is 22.4 Å². The number of rotatable bonds is 7. The Kier molecular flexibility index (Phi) is 7.77. The second-order valence-electron chi connectivity index (χ2n) is 10.2. The molecule has 5 rings (SSSR count). The summed E-state index contributed by atoms with van der Waals surface area (Å²) in [7, 11) is 1.98. The van der Waals surface area contributed by atoms with Crippen LogP contribution >= 0.6 is 0 Å². The van der Waals surface area contributed by atoms with Crippen molar-refractivity contribution >= 4 is 28.3 Å². The van der Waals surface area contributed by atoms with Gasteiger partial charge in [-0.2, -0.15) is 13.2 Å². The summed E-state index contributed by atoms with van der Waals surface area (Å²) in [5.74, 6) is -1.16. The molecular formula is C29H30F4N6O. The zero-order valence-electron chi connectivity index (χ0n) is 22.2. The van der Waals surface area contributed by atoms with E-state index in [2.05, 4.69) is 25.5 Å². The van der Waals surface area contributed by atoms with Gasteiger partial charge in [0, 0.05) is 61.3 Å². The molecule has 0 atom stereocenters. The van der Waals surface area contributed by atoms with E-state index in [1.54, 1.807) is 12.3 Å². The first-order chi connectivity index (χ1) is 19.0. The number of hydrogen-bond acceptors (Lipinski definition) is 5. The van der Waals surface area contributed by atoms with Gasteiger partial charge in [0.25, 0.3) is 0 Å². The van der Waals surface area contributed by atoms with Crippen LogP contribution in [-0.2, 0) is 17.5 Å². The van der Waals surface area contributed by atoms with Crippen LogP contribution in [-0.4, -0.2) is 65.4 Å². The summed E-state index contributed by atoms with van der Waals surface area (Å²) < 4.78 is 56.3. The molecule has 0 bridgehead atoms. The monoisotopic (exact) mass is 554 g/mol. The van der Waals surface area contributed by atoms with E-state index in [0.717, 1.165) is 41.4 Å². The largest absolute Gasteiger partial charge is 0.416 e. The Hall–Kier alpha value is -3.96. The molecule has 1 saturated heterocycles. The Labute approximate surface area is 229 Å². The predicted octanol–water partition coefficient (Wildman–Crippen LogP) is 5.49. The van der Waals surface area contributed by atoms with Crippen molar-refractivity contribution in [1.29, 1.82) is 0 Å². The Morgan fingerprint density at radius 1 is 1.02 bits per heavy atom. The lowest BCUT2D eigenvalue weighted by Crippen LogP contribution is -2.44. The molecule has 3 N–H and O–H groups in total. The number of aromatic nitrogens is 2. The number of piperazine rings is 1. The standard InChI is InChI=1S/C29H30F4N6O/c1-18-11-21-12-22(15-35-28(21)36-18)19-4-6-26(25(30)13-19)34-16-27(40)37-23-5-3-20(24(14-23)29(31,32)33)17-39-9-7-38(2)8-10-39/h3-6,11-15,34H,7-10,16-17H2,1-2H3,(H,35,36)(H,37,40). The maximum absolute atomic E-state index is 14.8. The number of hydrogen-bond donors (Lipinski definition) is 3. The van der Waals surface area contributed by atoms with E-state index in [4.69, 9.17) is 0 Å². The third kappa shape index (κ3) is 6.43. The van der Waals surface area contributed by atoms with E-state index < -0.39 is 23.5 Å². The number of amides is 1. The van der Waals surface area contributed by atoms with Crippen LogP contribution in [0.15, 0.2) is 54.7 Å². The second kappa shape index (κ2) is 11.3. The van der Waals surface area contributed by atoms with E-state index in [1.165, 1.54) is 24.3 Å². The molecule has 3 heterocycles. The minimum atomic E-state index is -4.56. The number of alkyl halides is 3. The molecule has 4 aromatic rings. The number of aryl methyl sites for hydroxylation is 1. The summed E-state index contributed by atoms with van der Waals surface area (Å²) in [5.41, 5.74) is 2.60. The number of carbonyl (C=O) groups excluding carboxylic acids is 1. The van der Waals surface area contributed by atoms with Crippen molar-refractivity contribution in [1.82, 2.24) is 19.8 Å². The molecule has 40 heavy (non-hydrogen) atoms. The SMILES string of the molecule is Cc1cc2cc(-c3ccc(NCC(=O)Nc4ccc(CN5CCN(C)CC5)c(C(F)(F)F)c4)c(F)c3)cnc2[nH]1. The molecule has 0 saturated carbocycles. The molecule has 1 aliphatic rings. The van der Waals surface area contributed by atoms with Gasteiger partial charge in [0.05, 0.1) is 17.8 Å². The van der Waals surface area contributed by atoms with E-state index in [-0.39, 0.29) is 30.0 Å². The quantitative estimate of drug-likeness (QED) is 0.263. The lowest BCUT2D eigenvalue weighted by Gasteiger charge is -2.33. The molecule has 1 amide bonds. The van der Waals surface area contributed by atoms with Gasteiger partial charge in [-0.3, -0.25) is 9.69 Å². The molecule has 11 heteroatoms. The van der Waals surface area contributed by atoms with Gasteiger partial charge >= 0.3 is 6.18 Å². The molecule has 2 aromatic carbocycles. The normalized spacial score (nSPS) is 14.9. The molecule has 1 aliphatic heterocycles. The van der Waals surface area contributed by atoms with E-state index >= 15 is 0 Å². The topological polar surface area (TPSA) is 76.3 Å². The maximum atomic E-state index is 14.8. The van der Waals surface area contributed by atoms with Crippen molar-refractivity contribution in [3.63, 3.8) is 0 Å². The number of pyridine rings is 1. The molecule has 0 spiro atoms. The molecule has 0 aliphatic carbocycles. The number of nitrogens with zero attached hydrogens (tertiary/aromatic N) is 3. The third-order valence-electron chi connectivity index (χ3n) is 7.04. The Bertz CT molecular complexity index is 1520. The first-order valence-electron chi connectivity index (χ1n) is 13.0. The number of nitrogens with one attached hydrogen (secondary N) is 3. The van der Waals surface area contributed by atoms with Crippen molar-refractivity contribution in [2.75, 3.05) is 50.4 Å². The number of aromatic amines is 1. The molecule has 0 radical (unpaired) electrons. The van der Waals surface area contributed by atoms with Crippen molar-refractivity contribution in [3.8, 4) is 11.1 Å². The summed E-state index contributed by atoms with van der Waals surface area (Å²) in [6, 6.07) is 12.3. The zero-order chi connectivity index (χ0) is 28.4. The lowest BCUT2D eigenvalue weighted by atomic mass is 10.0. The van der Waals surface area contributed by atoms with Gasteiger partial charge in [0.15, 0.2) is 0 Å². The fourth-order valence-electron chi connectivity index (χ4n) is 4.83. The Morgan fingerprint density at radius 3 is 2.52 bits per heavy atom. The van der Waals surface area contributed by atoms with Crippen LogP contribution in [0.2, 0.25) is 0 Å². The van der Waals surface area contributed by atoms with Gasteiger partial charge < -0.3 is 20.5 Å². The van der Waals surface area contributed by atoms with Gasteiger partial charge in [-0.1, -0.05) is 12.1 Å². The highest BCUT2D eigenvalue weighted by Gasteiger charge is 2.34. The van der Waals surface area contributed by atoms with Gasteiger partial charge in [-0.25, -0.2) is 9.37 Å². The number of fused-ring (bicyclic) bond motifs is 1. The highest BCUT2D eigenvalue weighted by atomic mass is 19.4. The van der Waals surface area contributed by atoms with Crippen LogP contribution in [0.1, 0.15) is 16.8 Å². The van der Waals surface area contributed by atoms with Gasteiger partial charge in [-0.05, 0) is 61.5 Å². The average Bonchev–Trinajstić information content (AvgIpc) is 3.28. The predicted molar refractivity (Wildman–Crippen MR) is 148 cm³/mol. The first-order valence-corrected chi connectivity index (χ1v) is 13.0. The fourth-order valence-corrected chi connectivity index (χ4v) is 4.83. The Balaban J connectivity index is 1.22. The van der Waals surface area contributed by atoms with Crippen molar-refractivity contribution in [2.24, 2.45) is 0 Å². The number of anilines is 2. The third-order valence-corrected chi connectivity index (χ3v) is 7.04. The highest BCUT2D eigenvalue weighted by molar-refractivity contribution is 5.94. The number of likely N-dealkylation sites (N-methyl/N-ethyl adjacent to an activating group) is 1. The van der Waals surface area contributed by atoms with Crippen molar-refractivity contribution in [2.45, 2.75) is 19.6 Å². The minimum absolute atomic E-state index is 0.0277. The number of H-pyrrole nitrogens is 1. The minimum Gasteiger partial charge on any atom is -0.374 e. The highest BCUT2D eigenvalue weighted by Crippen LogP contribution is 2.35. The fraction of sp³-hybridized carbons (Fsp3) is 0.310. The van der Waals surface area contributed by atoms with Crippen LogP contribution in [0.25, 0.3) is 22.2 Å². The van der Waals surface area contributed by atoms with E-state index in [1.807, 2.05) is 31.0 Å². The van der Waals surface area contributed by atoms with Crippen LogP contribution < -0.4 is 10.6 Å². The van der Waals surface area contributed by atoms with Crippen LogP contribution in [0.4, 0.5) is 28.9 Å². The molecule has 0 unspecified atom stereocenters. The molecule has 7 nitrogen and oxygen atoms in total. The zero-order valence-corrected chi connectivity index (χ0v) is 22.2. The van der Waals surface area contributed by atoms with E-state index in [0.29, 0.717) is 18.7 Å². The van der Waals surface area contributed by atoms with Crippen LogP contribution in [0.3, 0.4) is 0 Å². The summed E-state index contributed by atoms with van der Waals surface area (Å²) in [5, 5.41) is 6.11. The van der Waals surface area contributed by atoms with Crippen molar-refractivity contribution in [3.05, 3.63) is 77.4 Å². The maximum Gasteiger partial charge on any atom is 0.416 e. The molecule has 210 valence electrons. The molecule has 1 fully saturated rings. The lowest BCUT2D eigenvalue weighted by molar-refractivity contribution is -0.138. The van der Waals surface area contributed by atoms with Gasteiger partial charge in [0.2, 0.25) is 5.91 Å². The number of carbonyl (C=O) groups is 1. The summed E-state index contributed by atoms with van der Waals surface area (Å²) in [4.78, 5) is 24.1. The Morgan fingerprint density at radius 2 is 1.80 bits per heavy atom. The molecule has 2 aromatic heterocycles. The second-order valence-corrected chi connectivity index (χ2v) is 10.2. The van der Waals surface area contributed by atoms with Crippen LogP contribution in [0, 0.1) is 12.7 Å². The van der Waals surface area contributed by atoms with Gasteiger partial charge in [-0.15, -0.1) is 0 Å². The summed E-state index contributed by atoms with van der Waals surface area (Å²) >= 11 is 0. The number of benzene rings is 2. The molecular weight excluding hydrogens is 524 g/mol. The van der Waals surface area contributed by atoms with Crippen LogP contribution in [0.5, 0.6) is 0 Å². The summed E-state index contributed by atoms with van der Waals surface area (Å²) in [6.07, 6.45) is -2.91.